The van der Waals surface area contributed by atoms with Gasteiger partial charge in [-0.1, -0.05) is 12.0 Å². The van der Waals surface area contributed by atoms with E-state index in [2.05, 4.69) is 11.2 Å². The number of aryl methyl sites for hydroxylation is 1. The van der Waals surface area contributed by atoms with Crippen LogP contribution < -0.4 is 10.1 Å². The zero-order valence-electron chi connectivity index (χ0n) is 11.6. The molecule has 0 saturated carbocycles. The second kappa shape index (κ2) is 6.97. The summed E-state index contributed by atoms with van der Waals surface area (Å²) in [6, 6.07) is 6.23. The van der Waals surface area contributed by atoms with Crippen LogP contribution in [0, 0.1) is 12.3 Å². The first kappa shape index (κ1) is 14.4. The fourth-order valence-electron chi connectivity index (χ4n) is 2.42. The van der Waals surface area contributed by atoms with Crippen LogP contribution in [0.1, 0.15) is 30.5 Å². The molecule has 4 heteroatoms. The highest BCUT2D eigenvalue weighted by atomic mass is 16.6. The smallest absolute Gasteiger partial charge is 0.344 e. The Hall–Kier alpha value is -1.99. The molecule has 106 valence electrons. The Labute approximate surface area is 119 Å². The molecule has 1 unspecified atom stereocenters. The van der Waals surface area contributed by atoms with Crippen molar-refractivity contribution in [2.75, 3.05) is 19.8 Å². The van der Waals surface area contributed by atoms with Gasteiger partial charge in [-0.15, -0.1) is 6.42 Å². The molecule has 1 atom stereocenters. The van der Waals surface area contributed by atoms with Gasteiger partial charge in [0.1, 0.15) is 5.75 Å². The number of ether oxygens (including phenoxy) is 2. The highest BCUT2D eigenvalue weighted by Gasteiger charge is 2.22. The van der Waals surface area contributed by atoms with Crippen molar-refractivity contribution in [1.82, 2.24) is 5.32 Å². The van der Waals surface area contributed by atoms with Crippen LogP contribution >= 0.6 is 0 Å². The second-order valence-electron chi connectivity index (χ2n) is 4.63. The number of hydrogen-bond donors (Lipinski definition) is 1. The van der Waals surface area contributed by atoms with Crippen LogP contribution in [0.3, 0.4) is 0 Å². The molecule has 0 heterocycles. The third-order valence-corrected chi connectivity index (χ3v) is 3.30. The van der Waals surface area contributed by atoms with Crippen molar-refractivity contribution in [3.63, 3.8) is 0 Å². The zero-order chi connectivity index (χ0) is 14.4. The van der Waals surface area contributed by atoms with Crippen molar-refractivity contribution >= 4 is 5.97 Å². The first-order valence-electron chi connectivity index (χ1n) is 6.82. The molecular weight excluding hydrogens is 254 g/mol. The molecule has 0 saturated heterocycles. The van der Waals surface area contributed by atoms with Gasteiger partial charge in [0, 0.05) is 6.04 Å². The van der Waals surface area contributed by atoms with Crippen molar-refractivity contribution < 1.29 is 14.3 Å². The normalized spacial score (nSPS) is 16.3. The van der Waals surface area contributed by atoms with Gasteiger partial charge in [0.15, 0.2) is 6.61 Å². The maximum absolute atomic E-state index is 11.2. The number of esters is 1. The lowest BCUT2D eigenvalue weighted by molar-refractivity contribution is -0.145. The Bertz CT molecular complexity index is 519. The van der Waals surface area contributed by atoms with E-state index in [-0.39, 0.29) is 12.6 Å². The topological polar surface area (TPSA) is 47.6 Å². The monoisotopic (exact) mass is 273 g/mol. The molecule has 0 bridgehead atoms. The summed E-state index contributed by atoms with van der Waals surface area (Å²) in [7, 11) is 0. The molecule has 2 rings (SSSR count). The molecule has 20 heavy (non-hydrogen) atoms. The summed E-state index contributed by atoms with van der Waals surface area (Å²) < 4.78 is 10.3. The fraction of sp³-hybridized carbons (Fsp3) is 0.438. The van der Waals surface area contributed by atoms with Gasteiger partial charge in [0.25, 0.3) is 0 Å². The van der Waals surface area contributed by atoms with Gasteiger partial charge in [0.05, 0.1) is 13.2 Å². The van der Waals surface area contributed by atoms with Crippen molar-refractivity contribution in [3.05, 3.63) is 29.3 Å². The number of nitrogens with one attached hydrogen (secondary N) is 1. The van der Waals surface area contributed by atoms with E-state index in [1.54, 1.807) is 6.92 Å². The number of carbonyl (C=O) groups is 1. The molecule has 1 N–H and O–H groups in total. The SMILES string of the molecule is C#CCNC1CCc2cc(OCC(=O)OCC)ccc21. The first-order chi connectivity index (χ1) is 9.74. The lowest BCUT2D eigenvalue weighted by atomic mass is 10.1. The van der Waals surface area contributed by atoms with Gasteiger partial charge in [-0.05, 0) is 43.0 Å². The third-order valence-electron chi connectivity index (χ3n) is 3.30. The highest BCUT2D eigenvalue weighted by molar-refractivity contribution is 5.71. The molecule has 0 aromatic heterocycles. The minimum Gasteiger partial charge on any atom is -0.482 e. The summed E-state index contributed by atoms with van der Waals surface area (Å²) >= 11 is 0. The molecule has 1 aromatic rings. The van der Waals surface area contributed by atoms with Crippen LogP contribution in [0.25, 0.3) is 0 Å². The van der Waals surface area contributed by atoms with E-state index in [0.29, 0.717) is 24.9 Å². The van der Waals surface area contributed by atoms with E-state index in [0.717, 1.165) is 12.8 Å². The number of terminal acetylenes is 1. The van der Waals surface area contributed by atoms with Gasteiger partial charge < -0.3 is 9.47 Å². The number of hydrogen-bond acceptors (Lipinski definition) is 4. The number of fused-ring (bicyclic) bond motifs is 1. The molecular formula is C16H19NO3. The van der Waals surface area contributed by atoms with Gasteiger partial charge in [0.2, 0.25) is 0 Å². The van der Waals surface area contributed by atoms with Crippen molar-refractivity contribution in [3.8, 4) is 18.1 Å². The van der Waals surface area contributed by atoms with E-state index in [9.17, 15) is 4.79 Å². The largest absolute Gasteiger partial charge is 0.482 e. The molecule has 0 spiro atoms. The van der Waals surface area contributed by atoms with Gasteiger partial charge >= 0.3 is 5.97 Å². The standard InChI is InChI=1S/C16H19NO3/c1-3-9-17-15-8-5-12-10-13(6-7-14(12)15)20-11-16(18)19-4-2/h1,6-7,10,15,17H,4-5,8-9,11H2,2H3. The molecule has 4 nitrogen and oxygen atoms in total. The molecule has 0 fully saturated rings. The summed E-state index contributed by atoms with van der Waals surface area (Å²) in [4.78, 5) is 11.2. The fourth-order valence-corrected chi connectivity index (χ4v) is 2.42. The Morgan fingerprint density at radius 1 is 1.55 bits per heavy atom. The Balaban J connectivity index is 1.96. The molecule has 1 aromatic carbocycles. The van der Waals surface area contributed by atoms with E-state index in [4.69, 9.17) is 15.9 Å². The average molecular weight is 273 g/mol. The van der Waals surface area contributed by atoms with Crippen molar-refractivity contribution in [2.45, 2.75) is 25.8 Å². The predicted molar refractivity (Wildman–Crippen MR) is 76.5 cm³/mol. The molecule has 0 radical (unpaired) electrons. The summed E-state index contributed by atoms with van der Waals surface area (Å²) in [5, 5.41) is 3.32. The summed E-state index contributed by atoms with van der Waals surface area (Å²) in [6.07, 6.45) is 7.30. The average Bonchev–Trinajstić information content (AvgIpc) is 2.85. The molecule has 1 aliphatic carbocycles. The minimum absolute atomic E-state index is 0.0502. The number of carbonyl (C=O) groups excluding carboxylic acids is 1. The number of rotatable bonds is 6. The summed E-state index contributed by atoms with van der Waals surface area (Å²) in [5.74, 6) is 2.95. The predicted octanol–water partition coefficient (Wildman–Crippen LogP) is 1.84. The maximum Gasteiger partial charge on any atom is 0.344 e. The van der Waals surface area contributed by atoms with Crippen LogP contribution in [0.5, 0.6) is 5.75 Å². The van der Waals surface area contributed by atoms with Crippen molar-refractivity contribution in [1.29, 1.82) is 0 Å². The highest BCUT2D eigenvalue weighted by Crippen LogP contribution is 2.33. The van der Waals surface area contributed by atoms with E-state index < -0.39 is 0 Å². The van der Waals surface area contributed by atoms with Gasteiger partial charge in [-0.3, -0.25) is 5.32 Å². The van der Waals surface area contributed by atoms with Crippen LogP contribution in [0.15, 0.2) is 18.2 Å². The van der Waals surface area contributed by atoms with Gasteiger partial charge in [-0.25, -0.2) is 4.79 Å². The summed E-state index contributed by atoms with van der Waals surface area (Å²) in [5.41, 5.74) is 2.52. The zero-order valence-corrected chi connectivity index (χ0v) is 11.6. The third kappa shape index (κ3) is 3.52. The summed E-state index contributed by atoms with van der Waals surface area (Å²) in [6.45, 7) is 2.67. The molecule has 0 amide bonds. The first-order valence-corrected chi connectivity index (χ1v) is 6.82. The van der Waals surface area contributed by atoms with Crippen LogP contribution in [-0.2, 0) is 16.0 Å². The minimum atomic E-state index is -0.346. The lowest BCUT2D eigenvalue weighted by Gasteiger charge is -2.12. The Morgan fingerprint density at radius 3 is 3.15 bits per heavy atom. The van der Waals surface area contributed by atoms with Crippen LogP contribution in [0.4, 0.5) is 0 Å². The molecule has 1 aliphatic rings. The van der Waals surface area contributed by atoms with Crippen LogP contribution in [0.2, 0.25) is 0 Å². The molecule has 0 aliphatic heterocycles. The van der Waals surface area contributed by atoms with E-state index in [1.807, 2.05) is 18.2 Å². The maximum atomic E-state index is 11.2. The lowest BCUT2D eigenvalue weighted by Crippen LogP contribution is -2.19. The Kier molecular flexibility index (Phi) is 5.03. The van der Waals surface area contributed by atoms with E-state index in [1.165, 1.54) is 11.1 Å². The second-order valence-corrected chi connectivity index (χ2v) is 4.63. The van der Waals surface area contributed by atoms with Crippen molar-refractivity contribution in [2.24, 2.45) is 0 Å². The quantitative estimate of drug-likeness (QED) is 0.634. The van der Waals surface area contributed by atoms with Crippen LogP contribution in [-0.4, -0.2) is 25.7 Å². The van der Waals surface area contributed by atoms with Gasteiger partial charge in [-0.2, -0.15) is 0 Å². The number of benzene rings is 1. The Morgan fingerprint density at radius 2 is 2.40 bits per heavy atom. The van der Waals surface area contributed by atoms with E-state index >= 15 is 0 Å².